The average molecular weight is 438 g/mol. The molecule has 0 bridgehead atoms. The van der Waals surface area contributed by atoms with Crippen LogP contribution in [0.4, 0.5) is 5.13 Å². The van der Waals surface area contributed by atoms with Crippen LogP contribution < -0.4 is 10.0 Å². The van der Waals surface area contributed by atoms with Crippen molar-refractivity contribution in [1.82, 2.24) is 9.71 Å². The molecule has 1 saturated carbocycles. The third-order valence-electron chi connectivity index (χ3n) is 5.14. The Labute approximate surface area is 175 Å². The number of aliphatic hydroxyl groups excluding tert-OH is 1. The molecule has 1 heterocycles. The van der Waals surface area contributed by atoms with Gasteiger partial charge in [0.15, 0.2) is 5.13 Å². The highest BCUT2D eigenvalue weighted by Crippen LogP contribution is 2.35. The second kappa shape index (κ2) is 9.34. The van der Waals surface area contributed by atoms with E-state index in [2.05, 4.69) is 15.0 Å². The zero-order valence-corrected chi connectivity index (χ0v) is 18.3. The van der Waals surface area contributed by atoms with Gasteiger partial charge in [0.05, 0.1) is 22.1 Å². The first-order valence-electron chi connectivity index (χ1n) is 9.79. The molecule has 3 N–H and O–H groups in total. The van der Waals surface area contributed by atoms with E-state index in [0.717, 1.165) is 29.0 Å². The summed E-state index contributed by atoms with van der Waals surface area (Å²) in [5, 5.41) is 12.3. The van der Waals surface area contributed by atoms with Crippen molar-refractivity contribution >= 4 is 32.4 Å². The van der Waals surface area contributed by atoms with Gasteiger partial charge < -0.3 is 10.4 Å². The molecule has 1 aromatic carbocycles. The molecule has 1 amide bonds. The van der Waals surface area contributed by atoms with Crippen LogP contribution in [0.15, 0.2) is 23.1 Å². The molecule has 3 rings (SSSR count). The predicted molar refractivity (Wildman–Crippen MR) is 115 cm³/mol. The minimum Gasteiger partial charge on any atom is -0.395 e. The van der Waals surface area contributed by atoms with Crippen LogP contribution in [0.1, 0.15) is 43.4 Å². The summed E-state index contributed by atoms with van der Waals surface area (Å²) < 4.78 is 27.4. The number of nitrogens with zero attached hydrogens (tertiary/aromatic N) is 1. The van der Waals surface area contributed by atoms with E-state index in [-0.39, 0.29) is 24.0 Å². The summed E-state index contributed by atoms with van der Waals surface area (Å²) in [5.41, 5.74) is 2.08. The van der Waals surface area contributed by atoms with Crippen molar-refractivity contribution in [2.45, 2.75) is 50.8 Å². The van der Waals surface area contributed by atoms with E-state index in [1.165, 1.54) is 24.2 Å². The van der Waals surface area contributed by atoms with Gasteiger partial charge in [-0.05, 0) is 49.8 Å². The maximum Gasteiger partial charge on any atom is 0.240 e. The fourth-order valence-electron chi connectivity index (χ4n) is 3.65. The molecule has 0 unspecified atom stereocenters. The number of rotatable bonds is 8. The van der Waals surface area contributed by atoms with Crippen molar-refractivity contribution < 1.29 is 18.3 Å². The predicted octanol–water partition coefficient (Wildman–Crippen LogP) is 3.22. The lowest BCUT2D eigenvalue weighted by Gasteiger charge is -2.10. The van der Waals surface area contributed by atoms with E-state index in [0.29, 0.717) is 23.0 Å². The number of carbonyl (C=O) groups is 1. The van der Waals surface area contributed by atoms with Gasteiger partial charge in [0.1, 0.15) is 0 Å². The van der Waals surface area contributed by atoms with E-state index >= 15 is 0 Å². The van der Waals surface area contributed by atoms with Gasteiger partial charge in [-0.25, -0.2) is 18.1 Å². The molecule has 29 heavy (non-hydrogen) atoms. The molecule has 158 valence electrons. The highest BCUT2D eigenvalue weighted by atomic mass is 32.2. The molecular formula is C20H27N3O4S2. The molecule has 7 nitrogen and oxygen atoms in total. The van der Waals surface area contributed by atoms with Crippen molar-refractivity contribution in [1.29, 1.82) is 0 Å². The van der Waals surface area contributed by atoms with Crippen molar-refractivity contribution in [3.05, 3.63) is 29.5 Å². The van der Waals surface area contributed by atoms with Gasteiger partial charge in [0, 0.05) is 13.0 Å². The monoisotopic (exact) mass is 437 g/mol. The molecule has 0 aliphatic heterocycles. The number of anilines is 1. The normalized spacial score (nSPS) is 15.0. The van der Waals surface area contributed by atoms with E-state index in [1.807, 2.05) is 13.0 Å². The maximum absolute atomic E-state index is 12.5. The third kappa shape index (κ3) is 5.42. The number of thiazole rings is 1. The van der Waals surface area contributed by atoms with Crippen LogP contribution in [0.2, 0.25) is 0 Å². The Morgan fingerprint density at radius 1 is 1.28 bits per heavy atom. The number of aryl methyl sites for hydroxylation is 2. The minimum atomic E-state index is -3.72. The zero-order valence-electron chi connectivity index (χ0n) is 16.7. The Kier molecular flexibility index (Phi) is 7.05. The maximum atomic E-state index is 12.5. The Bertz CT molecular complexity index is 980. The number of aliphatic hydroxyl groups is 1. The number of carbonyl (C=O) groups excluding carboxylic acids is 1. The van der Waals surface area contributed by atoms with Gasteiger partial charge in [0.2, 0.25) is 15.9 Å². The van der Waals surface area contributed by atoms with Gasteiger partial charge >= 0.3 is 0 Å². The number of sulfonamides is 1. The number of aromatic nitrogens is 1. The fourth-order valence-corrected chi connectivity index (χ4v) is 5.92. The molecule has 1 fully saturated rings. The Morgan fingerprint density at radius 3 is 2.69 bits per heavy atom. The third-order valence-corrected chi connectivity index (χ3v) is 7.86. The lowest BCUT2D eigenvalue weighted by atomic mass is 10.0. The summed E-state index contributed by atoms with van der Waals surface area (Å²) in [4.78, 5) is 17.7. The van der Waals surface area contributed by atoms with E-state index in [9.17, 15) is 13.2 Å². The highest BCUT2D eigenvalue weighted by Gasteiger charge is 2.21. The first kappa shape index (κ1) is 21.9. The summed E-state index contributed by atoms with van der Waals surface area (Å²) in [6.45, 7) is 3.26. The van der Waals surface area contributed by atoms with Crippen molar-refractivity contribution in [3.8, 4) is 10.4 Å². The molecule has 0 atom stereocenters. The van der Waals surface area contributed by atoms with E-state index in [4.69, 9.17) is 5.11 Å². The van der Waals surface area contributed by atoms with Gasteiger partial charge in [-0.3, -0.25) is 4.79 Å². The number of amides is 1. The summed E-state index contributed by atoms with van der Waals surface area (Å²) >= 11 is 1.34. The largest absolute Gasteiger partial charge is 0.395 e. The minimum absolute atomic E-state index is 0.0161. The van der Waals surface area contributed by atoms with Crippen molar-refractivity contribution in [3.63, 3.8) is 0 Å². The van der Waals surface area contributed by atoms with Crippen molar-refractivity contribution in [2.75, 3.05) is 18.5 Å². The molecule has 1 aromatic heterocycles. The summed E-state index contributed by atoms with van der Waals surface area (Å²) in [6.07, 6.45) is 5.15. The molecule has 0 radical (unpaired) electrons. The van der Waals surface area contributed by atoms with Gasteiger partial charge in [0.25, 0.3) is 0 Å². The van der Waals surface area contributed by atoms with E-state index in [1.54, 1.807) is 19.1 Å². The summed E-state index contributed by atoms with van der Waals surface area (Å²) in [5.74, 6) is 0.449. The Morgan fingerprint density at radius 2 is 2.00 bits per heavy atom. The highest BCUT2D eigenvalue weighted by molar-refractivity contribution is 7.89. The van der Waals surface area contributed by atoms with Crippen LogP contribution in [-0.4, -0.2) is 37.6 Å². The topological polar surface area (TPSA) is 108 Å². The first-order chi connectivity index (χ1) is 13.8. The lowest BCUT2D eigenvalue weighted by Crippen LogP contribution is -2.27. The second-order valence-electron chi connectivity index (χ2n) is 7.44. The van der Waals surface area contributed by atoms with Gasteiger partial charge in [-0.2, -0.15) is 0 Å². The van der Waals surface area contributed by atoms with Crippen LogP contribution in [0.25, 0.3) is 10.4 Å². The number of hydrogen-bond donors (Lipinski definition) is 3. The van der Waals surface area contributed by atoms with Crippen LogP contribution in [0.5, 0.6) is 0 Å². The smallest absolute Gasteiger partial charge is 0.240 e. The zero-order chi connectivity index (χ0) is 21.0. The lowest BCUT2D eigenvalue weighted by molar-refractivity contribution is -0.117. The standard InChI is InChI=1S/C20H27N3O4S2/c1-13-7-8-16(12-17(13)29(26,27)21-9-10-24)19-14(2)22-20(28-19)23-18(25)11-15-5-3-4-6-15/h7-8,12,15,21,24H,3-6,9-11H2,1-2H3,(H,22,23,25). The van der Waals surface area contributed by atoms with Crippen LogP contribution in [0, 0.1) is 19.8 Å². The van der Waals surface area contributed by atoms with Crippen LogP contribution >= 0.6 is 11.3 Å². The molecular weight excluding hydrogens is 410 g/mol. The number of hydrogen-bond acceptors (Lipinski definition) is 6. The fraction of sp³-hybridized carbons (Fsp3) is 0.500. The van der Waals surface area contributed by atoms with E-state index < -0.39 is 10.0 Å². The molecule has 2 aromatic rings. The Hall–Kier alpha value is -1.81. The number of nitrogens with one attached hydrogen (secondary N) is 2. The summed E-state index contributed by atoms with van der Waals surface area (Å²) in [6, 6.07) is 5.21. The molecule has 9 heteroatoms. The second-order valence-corrected chi connectivity index (χ2v) is 10.2. The number of benzene rings is 1. The molecule has 1 aliphatic carbocycles. The first-order valence-corrected chi connectivity index (χ1v) is 12.1. The SMILES string of the molecule is Cc1ccc(-c2sc(NC(=O)CC3CCCC3)nc2C)cc1S(=O)(=O)NCCO. The molecule has 1 aliphatic rings. The Balaban J connectivity index is 1.80. The van der Waals surface area contributed by atoms with Gasteiger partial charge in [-0.15, -0.1) is 0 Å². The van der Waals surface area contributed by atoms with Crippen LogP contribution in [-0.2, 0) is 14.8 Å². The quantitative estimate of drug-likeness (QED) is 0.588. The van der Waals surface area contributed by atoms with Crippen LogP contribution in [0.3, 0.4) is 0 Å². The molecule has 0 spiro atoms. The summed E-state index contributed by atoms with van der Waals surface area (Å²) in [7, 11) is -3.72. The molecule has 0 saturated heterocycles. The van der Waals surface area contributed by atoms with Crippen molar-refractivity contribution in [2.24, 2.45) is 5.92 Å². The average Bonchev–Trinajstić information content (AvgIpc) is 3.30. The van der Waals surface area contributed by atoms with Gasteiger partial charge in [-0.1, -0.05) is 36.3 Å².